The molecule has 1 saturated carbocycles. The van der Waals surface area contributed by atoms with Crippen molar-refractivity contribution in [3.05, 3.63) is 48.0 Å². The van der Waals surface area contributed by atoms with E-state index in [9.17, 15) is 9.59 Å². The molecule has 2 amide bonds. The Morgan fingerprint density at radius 3 is 2.73 bits per heavy atom. The van der Waals surface area contributed by atoms with Crippen LogP contribution in [0.1, 0.15) is 36.0 Å². The van der Waals surface area contributed by atoms with Crippen LogP contribution in [0.3, 0.4) is 0 Å². The summed E-state index contributed by atoms with van der Waals surface area (Å²) in [5.74, 6) is 1.22. The molecule has 2 aromatic carbocycles. The van der Waals surface area contributed by atoms with Crippen LogP contribution >= 0.6 is 11.8 Å². The molecule has 0 unspecified atom stereocenters. The number of amides is 2. The second kappa shape index (κ2) is 9.53. The molecule has 0 saturated heterocycles. The molecule has 33 heavy (non-hydrogen) atoms. The zero-order valence-corrected chi connectivity index (χ0v) is 18.5. The van der Waals surface area contributed by atoms with Crippen molar-refractivity contribution in [1.29, 1.82) is 0 Å². The molecule has 9 nitrogen and oxygen atoms in total. The Bertz CT molecular complexity index is 1180. The summed E-state index contributed by atoms with van der Waals surface area (Å²) >= 11 is 1.12. The first-order valence-electron chi connectivity index (χ1n) is 10.7. The van der Waals surface area contributed by atoms with Gasteiger partial charge in [-0.2, -0.15) is 0 Å². The average Bonchev–Trinajstić information content (AvgIpc) is 3.59. The zero-order valence-electron chi connectivity index (χ0n) is 17.7. The summed E-state index contributed by atoms with van der Waals surface area (Å²) < 4.78 is 16.3. The van der Waals surface area contributed by atoms with E-state index in [0.717, 1.165) is 37.4 Å². The van der Waals surface area contributed by atoms with Crippen LogP contribution in [0.25, 0.3) is 11.5 Å². The fraction of sp³-hybridized carbons (Fsp3) is 0.304. The second-order valence-corrected chi connectivity index (χ2v) is 8.71. The van der Waals surface area contributed by atoms with Crippen LogP contribution < -0.4 is 20.1 Å². The molecule has 1 aromatic heterocycles. The number of aromatic nitrogens is 2. The van der Waals surface area contributed by atoms with E-state index >= 15 is 0 Å². The molecule has 0 spiro atoms. The number of carbonyl (C=O) groups excluding carboxylic acids is 2. The normalized spacial score (nSPS) is 14.9. The summed E-state index contributed by atoms with van der Waals surface area (Å²) in [5.41, 5.74) is 1.63. The first-order valence-corrected chi connectivity index (χ1v) is 11.7. The predicted molar refractivity (Wildman–Crippen MR) is 121 cm³/mol. The number of benzene rings is 2. The Hall–Kier alpha value is -3.53. The van der Waals surface area contributed by atoms with E-state index in [0.29, 0.717) is 34.2 Å². The third-order valence-corrected chi connectivity index (χ3v) is 6.31. The fourth-order valence-electron chi connectivity index (χ4n) is 3.85. The van der Waals surface area contributed by atoms with Crippen molar-refractivity contribution in [1.82, 2.24) is 15.5 Å². The Morgan fingerprint density at radius 1 is 1.03 bits per heavy atom. The lowest BCUT2D eigenvalue weighted by Crippen LogP contribution is -2.33. The Morgan fingerprint density at radius 2 is 1.85 bits per heavy atom. The van der Waals surface area contributed by atoms with Crippen LogP contribution in [-0.4, -0.2) is 40.6 Å². The summed E-state index contributed by atoms with van der Waals surface area (Å²) in [5, 5.41) is 14.2. The molecule has 170 valence electrons. The lowest BCUT2D eigenvalue weighted by Gasteiger charge is -2.14. The molecule has 1 aliphatic heterocycles. The summed E-state index contributed by atoms with van der Waals surface area (Å²) in [6, 6.07) is 12.5. The molecule has 2 N–H and O–H groups in total. The number of carbonyl (C=O) groups is 2. The van der Waals surface area contributed by atoms with Gasteiger partial charge < -0.3 is 24.5 Å². The van der Waals surface area contributed by atoms with Crippen molar-refractivity contribution in [3.63, 3.8) is 0 Å². The summed E-state index contributed by atoms with van der Waals surface area (Å²) in [4.78, 5) is 25.2. The highest BCUT2D eigenvalue weighted by Gasteiger charge is 2.21. The van der Waals surface area contributed by atoms with Crippen molar-refractivity contribution in [2.75, 3.05) is 17.9 Å². The van der Waals surface area contributed by atoms with E-state index in [4.69, 9.17) is 13.9 Å². The highest BCUT2D eigenvalue weighted by atomic mass is 32.2. The van der Waals surface area contributed by atoms with E-state index in [1.807, 2.05) is 0 Å². The molecular weight excluding hydrogens is 444 g/mol. The molecule has 3 aromatic rings. The third-order valence-electron chi connectivity index (χ3n) is 5.49. The number of hydrogen-bond acceptors (Lipinski definition) is 8. The zero-order chi connectivity index (χ0) is 22.6. The lowest BCUT2D eigenvalue weighted by atomic mass is 10.1. The van der Waals surface area contributed by atoms with Crippen LogP contribution in [-0.2, 0) is 4.79 Å². The van der Waals surface area contributed by atoms with Gasteiger partial charge in [-0.25, -0.2) is 0 Å². The minimum Gasteiger partial charge on any atom is -0.454 e. The maximum absolute atomic E-state index is 12.7. The smallest absolute Gasteiger partial charge is 0.277 e. The number of anilines is 1. The lowest BCUT2D eigenvalue weighted by molar-refractivity contribution is -0.113. The SMILES string of the molecule is O=C(CSc1nnc(-c2ccc3c(c2)OCO3)o1)Nc1ccccc1C(=O)NC1CCCC1. The molecule has 2 aliphatic rings. The molecule has 0 radical (unpaired) electrons. The van der Waals surface area contributed by atoms with Gasteiger partial charge in [-0.15, -0.1) is 10.2 Å². The van der Waals surface area contributed by atoms with Crippen molar-refractivity contribution < 1.29 is 23.5 Å². The average molecular weight is 467 g/mol. The molecule has 0 bridgehead atoms. The van der Waals surface area contributed by atoms with Gasteiger partial charge in [0.15, 0.2) is 11.5 Å². The van der Waals surface area contributed by atoms with E-state index in [1.165, 1.54) is 0 Å². The summed E-state index contributed by atoms with van der Waals surface area (Å²) in [6.45, 7) is 0.185. The monoisotopic (exact) mass is 466 g/mol. The van der Waals surface area contributed by atoms with E-state index in [2.05, 4.69) is 20.8 Å². The molecular formula is C23H22N4O5S. The topological polar surface area (TPSA) is 116 Å². The second-order valence-electron chi connectivity index (χ2n) is 7.78. The summed E-state index contributed by atoms with van der Waals surface area (Å²) in [6.07, 6.45) is 4.25. The van der Waals surface area contributed by atoms with Crippen LogP contribution in [0.5, 0.6) is 11.5 Å². The highest BCUT2D eigenvalue weighted by molar-refractivity contribution is 7.99. The van der Waals surface area contributed by atoms with E-state index < -0.39 is 0 Å². The van der Waals surface area contributed by atoms with Crippen LogP contribution in [0, 0.1) is 0 Å². The quantitative estimate of drug-likeness (QED) is 0.504. The first-order chi connectivity index (χ1) is 16.2. The van der Waals surface area contributed by atoms with Crippen LogP contribution in [0.4, 0.5) is 5.69 Å². The number of thioether (sulfide) groups is 1. The predicted octanol–water partition coefficient (Wildman–Crippen LogP) is 3.87. The number of nitrogens with zero attached hydrogens (tertiary/aromatic N) is 2. The minimum absolute atomic E-state index is 0.0569. The summed E-state index contributed by atoms with van der Waals surface area (Å²) in [7, 11) is 0. The number of nitrogens with one attached hydrogen (secondary N) is 2. The number of ether oxygens (including phenoxy) is 2. The van der Waals surface area contributed by atoms with Gasteiger partial charge in [0.25, 0.3) is 11.1 Å². The molecule has 1 aliphatic carbocycles. The van der Waals surface area contributed by atoms with Gasteiger partial charge in [0.2, 0.25) is 18.6 Å². The van der Waals surface area contributed by atoms with Crippen LogP contribution in [0.15, 0.2) is 52.1 Å². The van der Waals surface area contributed by atoms with Gasteiger partial charge >= 0.3 is 0 Å². The van der Waals surface area contributed by atoms with Gasteiger partial charge in [0, 0.05) is 11.6 Å². The largest absolute Gasteiger partial charge is 0.454 e. The maximum atomic E-state index is 12.7. The van der Waals surface area contributed by atoms with Gasteiger partial charge in [-0.3, -0.25) is 9.59 Å². The van der Waals surface area contributed by atoms with Crippen LogP contribution in [0.2, 0.25) is 0 Å². The molecule has 5 rings (SSSR count). The number of para-hydroxylation sites is 1. The molecule has 10 heteroatoms. The fourth-order valence-corrected chi connectivity index (χ4v) is 4.41. The van der Waals surface area contributed by atoms with Crippen molar-refractivity contribution >= 4 is 29.3 Å². The van der Waals surface area contributed by atoms with E-state index in [-0.39, 0.29) is 35.6 Å². The Balaban J connectivity index is 1.18. The molecule has 2 heterocycles. The third kappa shape index (κ3) is 4.95. The van der Waals surface area contributed by atoms with Gasteiger partial charge in [0.1, 0.15) is 0 Å². The maximum Gasteiger partial charge on any atom is 0.277 e. The first kappa shape index (κ1) is 21.3. The van der Waals surface area contributed by atoms with Gasteiger partial charge in [-0.1, -0.05) is 36.7 Å². The van der Waals surface area contributed by atoms with E-state index in [1.54, 1.807) is 42.5 Å². The van der Waals surface area contributed by atoms with Crippen molar-refractivity contribution in [2.24, 2.45) is 0 Å². The number of fused-ring (bicyclic) bond motifs is 1. The molecule has 0 atom stereocenters. The standard InChI is InChI=1S/C23H22N4O5S/c28-20(25-17-8-4-3-7-16(17)21(29)24-15-5-1-2-6-15)12-33-23-27-26-22(32-23)14-9-10-18-19(11-14)31-13-30-18/h3-4,7-11,15H,1-2,5-6,12-13H2,(H,24,29)(H,25,28). The molecule has 1 fully saturated rings. The number of rotatable bonds is 7. The minimum atomic E-state index is -0.274. The van der Waals surface area contributed by atoms with Gasteiger partial charge in [-0.05, 0) is 43.2 Å². The van der Waals surface area contributed by atoms with Crippen molar-refractivity contribution in [3.8, 4) is 23.0 Å². The number of hydrogen-bond donors (Lipinski definition) is 2. The highest BCUT2D eigenvalue weighted by Crippen LogP contribution is 2.36. The van der Waals surface area contributed by atoms with Crippen molar-refractivity contribution in [2.45, 2.75) is 36.9 Å². The Labute approximate surface area is 194 Å². The Kier molecular flexibility index (Phi) is 6.16. The van der Waals surface area contributed by atoms with Gasteiger partial charge in [0.05, 0.1) is 17.0 Å².